The van der Waals surface area contributed by atoms with Crippen LogP contribution in [0, 0.1) is 0 Å². The van der Waals surface area contributed by atoms with E-state index in [4.69, 9.17) is 9.84 Å². The number of carboxylic acids is 1. The first-order valence-corrected chi connectivity index (χ1v) is 11.7. The Hall–Kier alpha value is -4.13. The zero-order valence-electron chi connectivity index (χ0n) is 19.4. The van der Waals surface area contributed by atoms with E-state index < -0.39 is 30.1 Å². The number of ether oxygens (including phenoxy) is 1. The lowest BCUT2D eigenvalue weighted by atomic mass is 9.98. The first kappa shape index (κ1) is 24.0. The van der Waals surface area contributed by atoms with E-state index in [1.165, 1.54) is 0 Å². The lowest BCUT2D eigenvalue weighted by Crippen LogP contribution is -2.45. The number of aliphatic carboxylic acids is 1. The van der Waals surface area contributed by atoms with Gasteiger partial charge in [-0.15, -0.1) is 0 Å². The van der Waals surface area contributed by atoms with Gasteiger partial charge in [0.15, 0.2) is 0 Å². The van der Waals surface area contributed by atoms with Crippen LogP contribution in [-0.4, -0.2) is 35.7 Å². The molecule has 4 rings (SSSR count). The highest BCUT2D eigenvalue weighted by molar-refractivity contribution is 5.87. The van der Waals surface area contributed by atoms with Crippen molar-refractivity contribution in [3.63, 3.8) is 0 Å². The largest absolute Gasteiger partial charge is 0.481 e. The minimum absolute atomic E-state index is 0.0998. The number of hydrogen-bond donors (Lipinski definition) is 3. The van der Waals surface area contributed by atoms with E-state index in [1.807, 2.05) is 42.5 Å². The third-order valence-corrected chi connectivity index (χ3v) is 6.26. The molecule has 0 fully saturated rings. The molecule has 0 heterocycles. The Labute approximate surface area is 204 Å². The van der Waals surface area contributed by atoms with Gasteiger partial charge in [-0.25, -0.2) is 4.79 Å². The fourth-order valence-corrected chi connectivity index (χ4v) is 4.50. The number of carbonyl (C=O) groups is 3. The molecule has 0 aromatic heterocycles. The van der Waals surface area contributed by atoms with Crippen molar-refractivity contribution >= 4 is 18.0 Å². The third kappa shape index (κ3) is 5.51. The van der Waals surface area contributed by atoms with E-state index in [1.54, 1.807) is 31.2 Å². The van der Waals surface area contributed by atoms with Gasteiger partial charge in [-0.05, 0) is 34.2 Å². The molecule has 0 spiro atoms. The van der Waals surface area contributed by atoms with Gasteiger partial charge in [0.2, 0.25) is 5.91 Å². The quantitative estimate of drug-likeness (QED) is 0.421. The molecule has 0 aliphatic heterocycles. The smallest absolute Gasteiger partial charge is 0.408 e. The molecular weight excluding hydrogens is 444 g/mol. The molecule has 0 saturated carbocycles. The van der Waals surface area contributed by atoms with Crippen molar-refractivity contribution in [1.29, 1.82) is 0 Å². The summed E-state index contributed by atoms with van der Waals surface area (Å²) in [7, 11) is 0. The molecule has 3 aromatic rings. The van der Waals surface area contributed by atoms with Gasteiger partial charge in [0, 0.05) is 12.0 Å². The summed E-state index contributed by atoms with van der Waals surface area (Å²) in [6.45, 7) is 1.92. The number of rotatable bonds is 9. The molecule has 35 heavy (non-hydrogen) atoms. The number of alkyl carbamates (subject to hydrolysis) is 1. The average Bonchev–Trinajstić information content (AvgIpc) is 3.19. The highest BCUT2D eigenvalue weighted by Gasteiger charge is 2.30. The van der Waals surface area contributed by atoms with Gasteiger partial charge in [-0.1, -0.05) is 85.8 Å². The number of fused-ring (bicyclic) bond motifs is 3. The van der Waals surface area contributed by atoms with Crippen LogP contribution in [0.3, 0.4) is 0 Å². The van der Waals surface area contributed by atoms with E-state index in [-0.39, 0.29) is 18.9 Å². The van der Waals surface area contributed by atoms with Crippen molar-refractivity contribution in [2.75, 3.05) is 6.61 Å². The molecule has 1 aliphatic rings. The number of benzene rings is 3. The van der Waals surface area contributed by atoms with Crippen molar-refractivity contribution in [3.8, 4) is 11.1 Å². The highest BCUT2D eigenvalue weighted by atomic mass is 16.5. The molecular formula is C28H28N2O5. The lowest BCUT2D eigenvalue weighted by molar-refractivity contribution is -0.137. The summed E-state index contributed by atoms with van der Waals surface area (Å²) in [5.41, 5.74) is 5.02. The predicted octanol–water partition coefficient (Wildman–Crippen LogP) is 4.64. The van der Waals surface area contributed by atoms with Gasteiger partial charge in [-0.3, -0.25) is 9.59 Å². The fraction of sp³-hybridized carbons (Fsp3) is 0.250. The van der Waals surface area contributed by atoms with Crippen LogP contribution in [0.25, 0.3) is 11.1 Å². The SMILES string of the molecule is CCC(CC(=O)O)NC(=O)C(NC(=O)OCC1c2ccccc2-c2ccccc21)c1ccccc1. The molecule has 2 atom stereocenters. The van der Waals surface area contributed by atoms with Crippen LogP contribution in [0.4, 0.5) is 4.79 Å². The summed E-state index contributed by atoms with van der Waals surface area (Å²) in [6.07, 6.45) is -0.471. The third-order valence-electron chi connectivity index (χ3n) is 6.26. The topological polar surface area (TPSA) is 105 Å². The van der Waals surface area contributed by atoms with Crippen LogP contribution in [0.5, 0.6) is 0 Å². The molecule has 0 saturated heterocycles. The van der Waals surface area contributed by atoms with Crippen LogP contribution in [0.2, 0.25) is 0 Å². The summed E-state index contributed by atoms with van der Waals surface area (Å²) in [4.78, 5) is 37.0. The Balaban J connectivity index is 1.47. The van der Waals surface area contributed by atoms with Crippen LogP contribution in [0.1, 0.15) is 48.4 Å². The molecule has 7 nitrogen and oxygen atoms in total. The second-order valence-electron chi connectivity index (χ2n) is 8.53. The van der Waals surface area contributed by atoms with E-state index >= 15 is 0 Å². The monoisotopic (exact) mass is 472 g/mol. The number of amides is 2. The molecule has 0 bridgehead atoms. The van der Waals surface area contributed by atoms with E-state index in [0.29, 0.717) is 12.0 Å². The number of hydrogen-bond acceptors (Lipinski definition) is 4. The van der Waals surface area contributed by atoms with Crippen LogP contribution in [-0.2, 0) is 14.3 Å². The minimum Gasteiger partial charge on any atom is -0.481 e. The number of carboxylic acid groups (broad SMARTS) is 1. The Kier molecular flexibility index (Phi) is 7.45. The minimum atomic E-state index is -1.02. The summed E-state index contributed by atoms with van der Waals surface area (Å²) in [6, 6.07) is 23.3. The first-order chi connectivity index (χ1) is 17.0. The molecule has 7 heteroatoms. The van der Waals surface area contributed by atoms with Gasteiger partial charge >= 0.3 is 12.1 Å². The van der Waals surface area contributed by atoms with E-state index in [9.17, 15) is 14.4 Å². The maximum atomic E-state index is 13.0. The van der Waals surface area contributed by atoms with Crippen LogP contribution < -0.4 is 10.6 Å². The second kappa shape index (κ2) is 10.9. The Morgan fingerprint density at radius 3 is 2.00 bits per heavy atom. The van der Waals surface area contributed by atoms with Crippen molar-refractivity contribution in [2.24, 2.45) is 0 Å². The molecule has 3 aromatic carbocycles. The predicted molar refractivity (Wildman–Crippen MR) is 132 cm³/mol. The summed E-state index contributed by atoms with van der Waals surface area (Å²) in [5, 5.41) is 14.5. The van der Waals surface area contributed by atoms with Gasteiger partial charge in [-0.2, -0.15) is 0 Å². The van der Waals surface area contributed by atoms with Gasteiger partial charge in [0.25, 0.3) is 0 Å². The van der Waals surface area contributed by atoms with Crippen molar-refractivity contribution in [3.05, 3.63) is 95.6 Å². The molecule has 180 valence electrons. The number of nitrogens with one attached hydrogen (secondary N) is 2. The molecule has 2 unspecified atom stereocenters. The normalized spacial score (nSPS) is 13.7. The van der Waals surface area contributed by atoms with Crippen molar-refractivity contribution in [2.45, 2.75) is 37.8 Å². The molecule has 1 aliphatic carbocycles. The van der Waals surface area contributed by atoms with Crippen molar-refractivity contribution in [1.82, 2.24) is 10.6 Å². The second-order valence-corrected chi connectivity index (χ2v) is 8.53. The van der Waals surface area contributed by atoms with Crippen molar-refractivity contribution < 1.29 is 24.2 Å². The van der Waals surface area contributed by atoms with Crippen LogP contribution in [0.15, 0.2) is 78.9 Å². The fourth-order valence-electron chi connectivity index (χ4n) is 4.50. The zero-order valence-corrected chi connectivity index (χ0v) is 19.4. The van der Waals surface area contributed by atoms with Gasteiger partial charge in [0.05, 0.1) is 6.42 Å². The first-order valence-electron chi connectivity index (χ1n) is 11.7. The van der Waals surface area contributed by atoms with E-state index in [0.717, 1.165) is 22.3 Å². The Bertz CT molecular complexity index is 1170. The number of carbonyl (C=O) groups excluding carboxylic acids is 2. The highest BCUT2D eigenvalue weighted by Crippen LogP contribution is 2.44. The average molecular weight is 473 g/mol. The summed E-state index contributed by atoms with van der Waals surface area (Å²) >= 11 is 0. The van der Waals surface area contributed by atoms with Gasteiger partial charge < -0.3 is 20.5 Å². The molecule has 0 radical (unpaired) electrons. The molecule has 2 amide bonds. The Morgan fingerprint density at radius 2 is 1.43 bits per heavy atom. The summed E-state index contributed by atoms with van der Waals surface area (Å²) in [5.74, 6) is -1.59. The van der Waals surface area contributed by atoms with E-state index in [2.05, 4.69) is 22.8 Å². The summed E-state index contributed by atoms with van der Waals surface area (Å²) < 4.78 is 5.61. The maximum Gasteiger partial charge on any atom is 0.408 e. The van der Waals surface area contributed by atoms with Gasteiger partial charge in [0.1, 0.15) is 12.6 Å². The maximum absolute atomic E-state index is 13.0. The molecule has 3 N–H and O–H groups in total. The van der Waals surface area contributed by atoms with Crippen LogP contribution >= 0.6 is 0 Å². The zero-order chi connectivity index (χ0) is 24.8. The lowest BCUT2D eigenvalue weighted by Gasteiger charge is -2.23. The standard InChI is InChI=1S/C28H28N2O5/c1-2-19(16-25(31)32)29-27(33)26(18-10-4-3-5-11-18)30-28(34)35-17-24-22-14-8-6-12-20(22)21-13-7-9-15-23(21)24/h3-15,19,24,26H,2,16-17H2,1H3,(H,29,33)(H,30,34)(H,31,32). The Morgan fingerprint density at radius 1 is 0.857 bits per heavy atom.